The molecule has 0 unspecified atom stereocenters. The molecule has 0 spiro atoms. The molecular formula is C18H22N4O. The number of nitrogens with zero attached hydrogens (tertiary/aromatic N) is 3. The van der Waals surface area contributed by atoms with Crippen molar-refractivity contribution in [2.45, 2.75) is 26.2 Å². The Bertz CT molecular complexity index is 663. The molecule has 23 heavy (non-hydrogen) atoms. The Morgan fingerprint density at radius 1 is 1.17 bits per heavy atom. The van der Waals surface area contributed by atoms with Gasteiger partial charge in [0, 0.05) is 36.8 Å². The third kappa shape index (κ3) is 3.67. The number of hydrogen-bond acceptors (Lipinski definition) is 4. The number of carbonyl (C=O) groups excluding carboxylic acids is 1. The van der Waals surface area contributed by atoms with Crippen molar-refractivity contribution in [1.29, 1.82) is 0 Å². The van der Waals surface area contributed by atoms with Crippen molar-refractivity contribution >= 4 is 11.7 Å². The number of amides is 1. The van der Waals surface area contributed by atoms with E-state index in [1.54, 1.807) is 6.33 Å². The van der Waals surface area contributed by atoms with Crippen molar-refractivity contribution in [3.8, 4) is 11.3 Å². The first kappa shape index (κ1) is 15.5. The quantitative estimate of drug-likeness (QED) is 0.922. The first-order chi connectivity index (χ1) is 11.3. The molecule has 1 aliphatic heterocycles. The molecule has 1 aromatic heterocycles. The first-order valence-corrected chi connectivity index (χ1v) is 8.23. The number of aromatic nitrogens is 2. The fourth-order valence-corrected chi connectivity index (χ4v) is 2.76. The Labute approximate surface area is 136 Å². The van der Waals surface area contributed by atoms with E-state index in [-0.39, 0.29) is 5.91 Å². The molecule has 0 saturated carbocycles. The summed E-state index contributed by atoms with van der Waals surface area (Å²) in [5.74, 6) is 0.955. The highest BCUT2D eigenvalue weighted by Gasteiger charge is 2.14. The second-order valence-corrected chi connectivity index (χ2v) is 5.79. The van der Waals surface area contributed by atoms with E-state index in [0.717, 1.165) is 36.6 Å². The van der Waals surface area contributed by atoms with Gasteiger partial charge in [0.15, 0.2) is 0 Å². The van der Waals surface area contributed by atoms with Crippen LogP contribution in [0, 0.1) is 0 Å². The maximum absolute atomic E-state index is 11.9. The molecule has 3 rings (SSSR count). The van der Waals surface area contributed by atoms with Gasteiger partial charge in [-0.1, -0.05) is 19.1 Å². The monoisotopic (exact) mass is 310 g/mol. The summed E-state index contributed by atoms with van der Waals surface area (Å²) in [7, 11) is 0. The number of hydrogen-bond donors (Lipinski definition) is 1. The van der Waals surface area contributed by atoms with E-state index in [9.17, 15) is 4.79 Å². The zero-order valence-corrected chi connectivity index (χ0v) is 13.5. The molecule has 1 amide bonds. The summed E-state index contributed by atoms with van der Waals surface area (Å²) in [6, 6.07) is 9.60. The Morgan fingerprint density at radius 2 is 1.91 bits per heavy atom. The van der Waals surface area contributed by atoms with Gasteiger partial charge >= 0.3 is 0 Å². The lowest BCUT2D eigenvalue weighted by atomic mass is 10.1. The number of anilines is 1. The molecule has 1 N–H and O–H groups in total. The van der Waals surface area contributed by atoms with Crippen molar-refractivity contribution in [3.63, 3.8) is 0 Å². The SMILES string of the molecule is CCCNC(=O)c1ccc(-c2cc(N3CCCC3)ncn2)cc1. The van der Waals surface area contributed by atoms with Crippen molar-refractivity contribution < 1.29 is 4.79 Å². The lowest BCUT2D eigenvalue weighted by Gasteiger charge is -2.16. The highest BCUT2D eigenvalue weighted by molar-refractivity contribution is 5.94. The van der Waals surface area contributed by atoms with Crippen LogP contribution in [-0.2, 0) is 0 Å². The summed E-state index contributed by atoms with van der Waals surface area (Å²) >= 11 is 0. The van der Waals surface area contributed by atoms with E-state index >= 15 is 0 Å². The molecule has 0 radical (unpaired) electrons. The topological polar surface area (TPSA) is 58.1 Å². The van der Waals surface area contributed by atoms with Crippen molar-refractivity contribution in [1.82, 2.24) is 15.3 Å². The van der Waals surface area contributed by atoms with Gasteiger partial charge < -0.3 is 10.2 Å². The third-order valence-corrected chi connectivity index (χ3v) is 4.06. The minimum Gasteiger partial charge on any atom is -0.357 e. The van der Waals surface area contributed by atoms with E-state index in [1.807, 2.05) is 37.3 Å². The van der Waals surface area contributed by atoms with Crippen molar-refractivity contribution in [3.05, 3.63) is 42.2 Å². The Kier molecular flexibility index (Phi) is 4.86. The molecule has 0 aliphatic carbocycles. The Hall–Kier alpha value is -2.43. The molecule has 2 aromatic rings. The minimum atomic E-state index is -0.0288. The van der Waals surface area contributed by atoms with E-state index in [0.29, 0.717) is 12.1 Å². The van der Waals surface area contributed by atoms with Gasteiger partial charge in [-0.2, -0.15) is 0 Å². The van der Waals surface area contributed by atoms with Crippen LogP contribution in [0.1, 0.15) is 36.5 Å². The van der Waals surface area contributed by atoms with Crippen LogP contribution in [0.25, 0.3) is 11.3 Å². The summed E-state index contributed by atoms with van der Waals surface area (Å²) in [5.41, 5.74) is 2.57. The molecule has 1 saturated heterocycles. The highest BCUT2D eigenvalue weighted by atomic mass is 16.1. The molecule has 5 heteroatoms. The smallest absolute Gasteiger partial charge is 0.251 e. The number of benzene rings is 1. The average molecular weight is 310 g/mol. The van der Waals surface area contributed by atoms with Crippen LogP contribution in [0.15, 0.2) is 36.7 Å². The molecule has 1 aliphatic rings. The lowest BCUT2D eigenvalue weighted by molar-refractivity contribution is 0.0953. The highest BCUT2D eigenvalue weighted by Crippen LogP contribution is 2.23. The molecule has 0 bridgehead atoms. The van der Waals surface area contributed by atoms with Crippen molar-refractivity contribution in [2.75, 3.05) is 24.5 Å². The van der Waals surface area contributed by atoms with Crippen LogP contribution in [0.3, 0.4) is 0 Å². The van der Waals surface area contributed by atoms with Crippen LogP contribution in [0.4, 0.5) is 5.82 Å². The molecular weight excluding hydrogens is 288 g/mol. The van der Waals surface area contributed by atoms with Gasteiger partial charge in [0.1, 0.15) is 12.1 Å². The van der Waals surface area contributed by atoms with Gasteiger partial charge in [0.2, 0.25) is 0 Å². The fourth-order valence-electron chi connectivity index (χ4n) is 2.76. The molecule has 1 aromatic carbocycles. The van der Waals surface area contributed by atoms with Gasteiger partial charge in [-0.15, -0.1) is 0 Å². The predicted octanol–water partition coefficient (Wildman–Crippen LogP) is 2.88. The van der Waals surface area contributed by atoms with E-state index in [1.165, 1.54) is 12.8 Å². The summed E-state index contributed by atoms with van der Waals surface area (Å²) in [6.07, 6.45) is 5.00. The second-order valence-electron chi connectivity index (χ2n) is 5.79. The largest absolute Gasteiger partial charge is 0.357 e. The molecule has 2 heterocycles. The van der Waals surface area contributed by atoms with Crippen LogP contribution in [0.2, 0.25) is 0 Å². The maximum Gasteiger partial charge on any atom is 0.251 e. The summed E-state index contributed by atoms with van der Waals surface area (Å²) in [4.78, 5) is 23.0. The lowest BCUT2D eigenvalue weighted by Crippen LogP contribution is -2.23. The van der Waals surface area contributed by atoms with E-state index in [4.69, 9.17) is 0 Å². The third-order valence-electron chi connectivity index (χ3n) is 4.06. The summed E-state index contributed by atoms with van der Waals surface area (Å²) in [5, 5.41) is 2.88. The van der Waals surface area contributed by atoms with Crippen LogP contribution in [-0.4, -0.2) is 35.5 Å². The van der Waals surface area contributed by atoms with Crippen LogP contribution < -0.4 is 10.2 Å². The van der Waals surface area contributed by atoms with Gasteiger partial charge in [-0.3, -0.25) is 4.79 Å². The predicted molar refractivity (Wildman–Crippen MR) is 91.5 cm³/mol. The van der Waals surface area contributed by atoms with E-state index < -0.39 is 0 Å². The minimum absolute atomic E-state index is 0.0288. The number of carbonyl (C=O) groups is 1. The first-order valence-electron chi connectivity index (χ1n) is 8.23. The number of nitrogens with one attached hydrogen (secondary N) is 1. The number of rotatable bonds is 5. The molecule has 1 fully saturated rings. The molecule has 0 atom stereocenters. The zero-order valence-electron chi connectivity index (χ0n) is 13.5. The Morgan fingerprint density at radius 3 is 2.61 bits per heavy atom. The summed E-state index contributed by atoms with van der Waals surface area (Å²) < 4.78 is 0. The average Bonchev–Trinajstić information content (AvgIpc) is 3.14. The fraction of sp³-hybridized carbons (Fsp3) is 0.389. The normalized spacial score (nSPS) is 14.0. The second kappa shape index (κ2) is 7.22. The van der Waals surface area contributed by atoms with Gasteiger partial charge in [0.05, 0.1) is 5.69 Å². The molecule has 120 valence electrons. The Balaban J connectivity index is 1.76. The van der Waals surface area contributed by atoms with Gasteiger partial charge in [-0.05, 0) is 31.4 Å². The van der Waals surface area contributed by atoms with Gasteiger partial charge in [0.25, 0.3) is 5.91 Å². The van der Waals surface area contributed by atoms with E-state index in [2.05, 4.69) is 20.2 Å². The summed E-state index contributed by atoms with van der Waals surface area (Å²) in [6.45, 7) is 4.86. The maximum atomic E-state index is 11.9. The van der Waals surface area contributed by atoms with Crippen LogP contribution >= 0.6 is 0 Å². The molecule has 5 nitrogen and oxygen atoms in total. The van der Waals surface area contributed by atoms with Gasteiger partial charge in [-0.25, -0.2) is 9.97 Å². The van der Waals surface area contributed by atoms with Crippen molar-refractivity contribution in [2.24, 2.45) is 0 Å². The zero-order chi connectivity index (χ0) is 16.1. The van der Waals surface area contributed by atoms with Crippen LogP contribution in [0.5, 0.6) is 0 Å². The standard InChI is InChI=1S/C18H22N4O/c1-2-9-19-18(23)15-7-5-14(6-8-15)16-12-17(21-13-20-16)22-10-3-4-11-22/h5-8,12-13H,2-4,9-11H2,1H3,(H,19,23).